The first-order chi connectivity index (χ1) is 10.9. The minimum absolute atomic E-state index is 0.215. The highest BCUT2D eigenvalue weighted by molar-refractivity contribution is 5.45. The molecule has 8 nitrogen and oxygen atoms in total. The van der Waals surface area contributed by atoms with E-state index in [1.165, 1.54) is 0 Å². The molecular weight excluding hydrogens is 284 g/mol. The van der Waals surface area contributed by atoms with E-state index in [0.717, 1.165) is 50.8 Å². The molecular formula is C14H20N6O2. The Morgan fingerprint density at radius 3 is 2.86 bits per heavy atom. The van der Waals surface area contributed by atoms with Crippen molar-refractivity contribution in [1.29, 1.82) is 0 Å². The minimum atomic E-state index is 0.215. The van der Waals surface area contributed by atoms with E-state index in [1.54, 1.807) is 10.8 Å². The van der Waals surface area contributed by atoms with Gasteiger partial charge >= 0.3 is 0 Å². The molecule has 1 atom stereocenters. The summed E-state index contributed by atoms with van der Waals surface area (Å²) in [6.45, 7) is 7.07. The Morgan fingerprint density at radius 1 is 1.14 bits per heavy atom. The Balaban J connectivity index is 1.34. The van der Waals surface area contributed by atoms with Crippen LogP contribution in [0.5, 0.6) is 0 Å². The highest BCUT2D eigenvalue weighted by Crippen LogP contribution is 2.14. The van der Waals surface area contributed by atoms with Crippen molar-refractivity contribution in [2.75, 3.05) is 57.4 Å². The zero-order valence-electron chi connectivity index (χ0n) is 12.5. The molecule has 2 aliphatic rings. The van der Waals surface area contributed by atoms with E-state index in [9.17, 15) is 0 Å². The van der Waals surface area contributed by atoms with Gasteiger partial charge in [0.15, 0.2) is 5.65 Å². The van der Waals surface area contributed by atoms with Gasteiger partial charge in [-0.25, -0.2) is 0 Å². The second-order valence-corrected chi connectivity index (χ2v) is 5.68. The van der Waals surface area contributed by atoms with Crippen molar-refractivity contribution in [3.05, 3.63) is 18.5 Å². The van der Waals surface area contributed by atoms with Crippen LogP contribution in [-0.2, 0) is 9.47 Å². The molecule has 8 heteroatoms. The van der Waals surface area contributed by atoms with E-state index < -0.39 is 0 Å². The molecule has 2 aromatic heterocycles. The Labute approximate surface area is 128 Å². The number of fused-ring (bicyclic) bond motifs is 1. The highest BCUT2D eigenvalue weighted by atomic mass is 16.6. The zero-order chi connectivity index (χ0) is 14.8. The van der Waals surface area contributed by atoms with Crippen molar-refractivity contribution in [2.24, 2.45) is 0 Å². The average molecular weight is 304 g/mol. The topological polar surface area (TPSA) is 68.0 Å². The van der Waals surface area contributed by atoms with E-state index in [-0.39, 0.29) is 6.10 Å². The summed E-state index contributed by atoms with van der Waals surface area (Å²) in [5.41, 5.74) is 0.775. The van der Waals surface area contributed by atoms with Crippen LogP contribution in [0.1, 0.15) is 0 Å². The van der Waals surface area contributed by atoms with Gasteiger partial charge in [-0.15, -0.1) is 15.3 Å². The van der Waals surface area contributed by atoms with Gasteiger partial charge in [-0.3, -0.25) is 4.90 Å². The standard InChI is InChI=1S/C14H20N6O2/c1-2-14(17-20-11-15-16-13(1)20)19-5-3-18(4-6-19)9-12-10-21-7-8-22-12/h1-2,11-12H,3-10H2. The number of rotatable bonds is 3. The molecule has 0 aliphatic carbocycles. The molecule has 2 saturated heterocycles. The fourth-order valence-electron chi connectivity index (χ4n) is 2.98. The van der Waals surface area contributed by atoms with Crippen molar-refractivity contribution in [3.63, 3.8) is 0 Å². The zero-order valence-corrected chi connectivity index (χ0v) is 12.5. The van der Waals surface area contributed by atoms with Gasteiger partial charge in [0.25, 0.3) is 0 Å². The van der Waals surface area contributed by atoms with Gasteiger partial charge in [-0.05, 0) is 12.1 Å². The number of anilines is 1. The maximum Gasteiger partial charge on any atom is 0.177 e. The molecule has 0 saturated carbocycles. The summed E-state index contributed by atoms with van der Waals surface area (Å²) in [5.74, 6) is 0.976. The van der Waals surface area contributed by atoms with Crippen LogP contribution in [-0.4, -0.2) is 83.4 Å². The lowest BCUT2D eigenvalue weighted by molar-refractivity contribution is -0.0977. The third-order valence-corrected chi connectivity index (χ3v) is 4.19. The van der Waals surface area contributed by atoms with Gasteiger partial charge in [0, 0.05) is 32.7 Å². The lowest BCUT2D eigenvalue weighted by Gasteiger charge is -2.37. The first-order valence-electron chi connectivity index (χ1n) is 7.72. The fraction of sp³-hybridized carbons (Fsp3) is 0.643. The summed E-state index contributed by atoms with van der Waals surface area (Å²) >= 11 is 0. The van der Waals surface area contributed by atoms with Crippen LogP contribution in [0.15, 0.2) is 18.5 Å². The van der Waals surface area contributed by atoms with E-state index >= 15 is 0 Å². The molecule has 0 aromatic carbocycles. The molecule has 0 bridgehead atoms. The Morgan fingerprint density at radius 2 is 2.05 bits per heavy atom. The van der Waals surface area contributed by atoms with Gasteiger partial charge in [0.2, 0.25) is 0 Å². The van der Waals surface area contributed by atoms with Crippen LogP contribution in [0.25, 0.3) is 5.65 Å². The first kappa shape index (κ1) is 13.9. The second-order valence-electron chi connectivity index (χ2n) is 5.68. The van der Waals surface area contributed by atoms with Crippen LogP contribution >= 0.6 is 0 Å². The van der Waals surface area contributed by atoms with Crippen LogP contribution in [0.4, 0.5) is 5.82 Å². The normalized spacial score (nSPS) is 24.0. The SMILES string of the molecule is c1cc2nncn2nc1N1CCN(CC2COCCO2)CC1. The molecule has 2 aromatic rings. The van der Waals surface area contributed by atoms with Gasteiger partial charge in [-0.1, -0.05) is 0 Å². The minimum Gasteiger partial charge on any atom is -0.376 e. The van der Waals surface area contributed by atoms with Crippen LogP contribution in [0.3, 0.4) is 0 Å². The molecule has 1 unspecified atom stereocenters. The van der Waals surface area contributed by atoms with Crippen LogP contribution in [0.2, 0.25) is 0 Å². The van der Waals surface area contributed by atoms with Crippen molar-refractivity contribution >= 4 is 11.5 Å². The maximum atomic E-state index is 5.72. The van der Waals surface area contributed by atoms with Crippen LogP contribution in [0, 0.1) is 0 Å². The van der Waals surface area contributed by atoms with Gasteiger partial charge < -0.3 is 14.4 Å². The number of hydrogen-bond donors (Lipinski definition) is 0. The molecule has 0 spiro atoms. The predicted octanol–water partition coefficient (Wildman–Crippen LogP) is -0.338. The molecule has 0 N–H and O–H groups in total. The second kappa shape index (κ2) is 6.15. The molecule has 4 rings (SSSR count). The van der Waals surface area contributed by atoms with E-state index in [1.807, 2.05) is 12.1 Å². The molecule has 2 aliphatic heterocycles. The Kier molecular flexibility index (Phi) is 3.88. The molecule has 0 radical (unpaired) electrons. The maximum absolute atomic E-state index is 5.72. The third-order valence-electron chi connectivity index (χ3n) is 4.19. The third kappa shape index (κ3) is 2.90. The summed E-state index contributed by atoms with van der Waals surface area (Å²) in [6, 6.07) is 3.96. The molecule has 118 valence electrons. The van der Waals surface area contributed by atoms with Crippen molar-refractivity contribution in [1.82, 2.24) is 24.7 Å². The average Bonchev–Trinajstić information content (AvgIpc) is 3.04. The van der Waals surface area contributed by atoms with Crippen molar-refractivity contribution in [3.8, 4) is 0 Å². The number of aromatic nitrogens is 4. The smallest absolute Gasteiger partial charge is 0.177 e. The van der Waals surface area contributed by atoms with E-state index in [2.05, 4.69) is 25.1 Å². The van der Waals surface area contributed by atoms with Gasteiger partial charge in [0.1, 0.15) is 12.1 Å². The molecule has 2 fully saturated rings. The summed E-state index contributed by atoms with van der Waals surface area (Å²) in [4.78, 5) is 4.74. The lowest BCUT2D eigenvalue weighted by Crippen LogP contribution is -2.50. The predicted molar refractivity (Wildman–Crippen MR) is 80.0 cm³/mol. The quantitative estimate of drug-likeness (QED) is 0.768. The van der Waals surface area contributed by atoms with Crippen molar-refractivity contribution < 1.29 is 9.47 Å². The number of ether oxygens (including phenoxy) is 2. The largest absolute Gasteiger partial charge is 0.376 e. The molecule has 22 heavy (non-hydrogen) atoms. The Hall–Kier alpha value is -1.77. The molecule has 0 amide bonds. The van der Waals surface area contributed by atoms with Gasteiger partial charge in [0.05, 0.1) is 25.9 Å². The molecule has 4 heterocycles. The first-order valence-corrected chi connectivity index (χ1v) is 7.72. The summed E-state index contributed by atoms with van der Waals surface area (Å²) in [5, 5.41) is 12.4. The van der Waals surface area contributed by atoms with Crippen LogP contribution < -0.4 is 4.90 Å². The van der Waals surface area contributed by atoms with Crippen molar-refractivity contribution in [2.45, 2.75) is 6.10 Å². The monoisotopic (exact) mass is 304 g/mol. The highest BCUT2D eigenvalue weighted by Gasteiger charge is 2.23. The lowest BCUT2D eigenvalue weighted by atomic mass is 10.2. The Bertz CT molecular complexity index is 619. The number of nitrogens with zero attached hydrogens (tertiary/aromatic N) is 6. The van der Waals surface area contributed by atoms with Gasteiger partial charge in [-0.2, -0.15) is 4.52 Å². The fourth-order valence-corrected chi connectivity index (χ4v) is 2.98. The summed E-state index contributed by atoms with van der Waals surface area (Å²) in [6.07, 6.45) is 1.85. The van der Waals surface area contributed by atoms with E-state index in [4.69, 9.17) is 9.47 Å². The van der Waals surface area contributed by atoms with E-state index in [0.29, 0.717) is 13.2 Å². The number of hydrogen-bond acceptors (Lipinski definition) is 7. The number of piperazine rings is 1. The summed E-state index contributed by atoms with van der Waals surface area (Å²) < 4.78 is 12.9. The summed E-state index contributed by atoms with van der Waals surface area (Å²) in [7, 11) is 0.